The van der Waals surface area contributed by atoms with Crippen LogP contribution in [-0.2, 0) is 4.79 Å². The fourth-order valence-corrected chi connectivity index (χ4v) is 1.29. The van der Waals surface area contributed by atoms with E-state index in [0.29, 0.717) is 6.42 Å². The molecule has 0 aromatic rings. The minimum atomic E-state index is 0.0892. The van der Waals surface area contributed by atoms with Gasteiger partial charge in [0.15, 0.2) is 0 Å². The number of aliphatic hydroxyl groups is 1. The number of hydrogen-bond donors (Lipinski definition) is 2. The molecule has 4 nitrogen and oxygen atoms in total. The van der Waals surface area contributed by atoms with E-state index in [0.717, 1.165) is 19.5 Å². The molecule has 0 aliphatic carbocycles. The van der Waals surface area contributed by atoms with Gasteiger partial charge in [-0.15, -0.1) is 0 Å². The number of aliphatic hydroxyl groups excluding tert-OH is 1. The Hall–Kier alpha value is -0.610. The number of nitrogens with zero attached hydrogens (tertiary/aromatic N) is 1. The van der Waals surface area contributed by atoms with E-state index in [-0.39, 0.29) is 18.4 Å². The second kappa shape index (κ2) is 4.42. The Kier molecular flexibility index (Phi) is 3.49. The predicted octanol–water partition coefficient (Wildman–Crippen LogP) is -0.258. The zero-order chi connectivity index (χ0) is 8.97. The summed E-state index contributed by atoms with van der Waals surface area (Å²) < 4.78 is 0. The lowest BCUT2D eigenvalue weighted by atomic mass is 10.2. The van der Waals surface area contributed by atoms with E-state index in [4.69, 9.17) is 5.11 Å². The predicted molar refractivity (Wildman–Crippen MR) is 45.2 cm³/mol. The van der Waals surface area contributed by atoms with Crippen LogP contribution < -0.4 is 5.43 Å². The van der Waals surface area contributed by atoms with Crippen molar-refractivity contribution in [3.8, 4) is 0 Å². The molecule has 70 valence electrons. The van der Waals surface area contributed by atoms with Gasteiger partial charge < -0.3 is 5.11 Å². The quantitative estimate of drug-likeness (QED) is 0.617. The van der Waals surface area contributed by atoms with Gasteiger partial charge in [0, 0.05) is 26.1 Å². The third kappa shape index (κ3) is 2.79. The molecular formula is C8H16N2O2. The monoisotopic (exact) mass is 172 g/mol. The normalized spacial score (nSPS) is 22.0. The van der Waals surface area contributed by atoms with E-state index in [2.05, 4.69) is 5.43 Å². The fraction of sp³-hybridized carbons (Fsp3) is 0.875. The number of rotatable bonds is 3. The van der Waals surface area contributed by atoms with E-state index < -0.39 is 0 Å². The average Bonchev–Trinajstić information content (AvgIpc) is 2.04. The van der Waals surface area contributed by atoms with Crippen molar-refractivity contribution in [1.82, 2.24) is 10.4 Å². The molecular weight excluding hydrogens is 156 g/mol. The highest BCUT2D eigenvalue weighted by Crippen LogP contribution is 2.03. The van der Waals surface area contributed by atoms with E-state index >= 15 is 0 Å². The number of carbonyl (C=O) groups excluding carboxylic acids is 1. The molecule has 1 rings (SSSR count). The summed E-state index contributed by atoms with van der Waals surface area (Å²) in [4.78, 5) is 10.9. The van der Waals surface area contributed by atoms with Crippen molar-refractivity contribution in [3.05, 3.63) is 0 Å². The minimum Gasteiger partial charge on any atom is -0.396 e. The largest absolute Gasteiger partial charge is 0.396 e. The molecule has 1 atom stereocenters. The molecule has 1 amide bonds. The zero-order valence-electron chi connectivity index (χ0n) is 7.42. The number of nitrogens with one attached hydrogen (secondary N) is 1. The summed E-state index contributed by atoms with van der Waals surface area (Å²) in [6, 6.07) is 0. The molecule has 1 heterocycles. The van der Waals surface area contributed by atoms with Crippen molar-refractivity contribution in [2.24, 2.45) is 5.92 Å². The molecule has 0 spiro atoms. The third-order valence-corrected chi connectivity index (χ3v) is 1.96. The summed E-state index contributed by atoms with van der Waals surface area (Å²) in [6.07, 6.45) is 1.55. The lowest BCUT2D eigenvalue weighted by Gasteiger charge is -2.28. The second-order valence-electron chi connectivity index (χ2n) is 3.37. The molecule has 12 heavy (non-hydrogen) atoms. The van der Waals surface area contributed by atoms with Crippen molar-refractivity contribution < 1.29 is 9.90 Å². The second-order valence-corrected chi connectivity index (χ2v) is 3.37. The van der Waals surface area contributed by atoms with E-state index in [1.54, 1.807) is 0 Å². The smallest absolute Gasteiger partial charge is 0.234 e. The Morgan fingerprint density at radius 2 is 2.50 bits per heavy atom. The lowest BCUT2D eigenvalue weighted by molar-refractivity contribution is -0.129. The van der Waals surface area contributed by atoms with Crippen LogP contribution in [0.2, 0.25) is 0 Å². The minimum absolute atomic E-state index is 0.0892. The molecule has 4 heteroatoms. The first-order chi connectivity index (χ1) is 5.72. The maximum absolute atomic E-state index is 10.9. The maximum atomic E-state index is 10.9. The van der Waals surface area contributed by atoms with Gasteiger partial charge in [-0.05, 0) is 12.3 Å². The first kappa shape index (κ1) is 9.48. The van der Waals surface area contributed by atoms with Crippen LogP contribution in [0.15, 0.2) is 0 Å². The Morgan fingerprint density at radius 1 is 1.75 bits per heavy atom. The van der Waals surface area contributed by atoms with Crippen molar-refractivity contribution in [2.45, 2.75) is 19.8 Å². The Balaban J connectivity index is 2.27. The summed E-state index contributed by atoms with van der Waals surface area (Å²) in [7, 11) is 0. The molecule has 1 aliphatic rings. The molecule has 2 N–H and O–H groups in total. The van der Waals surface area contributed by atoms with Crippen LogP contribution in [0.1, 0.15) is 19.8 Å². The van der Waals surface area contributed by atoms with Gasteiger partial charge in [0.2, 0.25) is 5.91 Å². The zero-order valence-corrected chi connectivity index (χ0v) is 7.42. The lowest BCUT2D eigenvalue weighted by Crippen LogP contribution is -2.48. The van der Waals surface area contributed by atoms with E-state index in [1.807, 2.05) is 11.9 Å². The Labute approximate surface area is 72.5 Å². The van der Waals surface area contributed by atoms with Crippen molar-refractivity contribution >= 4 is 5.91 Å². The Bertz CT molecular complexity index is 161. The summed E-state index contributed by atoms with van der Waals surface area (Å²) in [5.74, 6) is 0.315. The standard InChI is InChI=1S/C8H16N2O2/c1-7(6-11)5-10-4-2-3-8(12)9-10/h7,11H,2-6H2,1H3,(H,9,12). The molecule has 0 radical (unpaired) electrons. The van der Waals surface area contributed by atoms with Crippen LogP contribution >= 0.6 is 0 Å². The van der Waals surface area contributed by atoms with Gasteiger partial charge in [-0.3, -0.25) is 10.2 Å². The average molecular weight is 172 g/mol. The summed E-state index contributed by atoms with van der Waals surface area (Å²) in [6.45, 7) is 3.77. The number of hydrazine groups is 1. The third-order valence-electron chi connectivity index (χ3n) is 1.96. The van der Waals surface area contributed by atoms with Crippen molar-refractivity contribution in [1.29, 1.82) is 0 Å². The summed E-state index contributed by atoms with van der Waals surface area (Å²) >= 11 is 0. The number of carbonyl (C=O) groups is 1. The van der Waals surface area contributed by atoms with E-state index in [9.17, 15) is 4.79 Å². The molecule has 0 aromatic carbocycles. The molecule has 0 saturated carbocycles. The SMILES string of the molecule is CC(CO)CN1CCCC(=O)N1. The van der Waals surface area contributed by atoms with Crippen LogP contribution in [0, 0.1) is 5.92 Å². The van der Waals surface area contributed by atoms with Crippen LogP contribution in [0.25, 0.3) is 0 Å². The number of amides is 1. The van der Waals surface area contributed by atoms with Crippen LogP contribution in [0.4, 0.5) is 0 Å². The fourth-order valence-electron chi connectivity index (χ4n) is 1.29. The van der Waals surface area contributed by atoms with Gasteiger partial charge in [0.1, 0.15) is 0 Å². The Morgan fingerprint density at radius 3 is 3.08 bits per heavy atom. The highest BCUT2D eigenvalue weighted by molar-refractivity contribution is 5.75. The molecule has 0 bridgehead atoms. The first-order valence-corrected chi connectivity index (χ1v) is 4.37. The van der Waals surface area contributed by atoms with Crippen LogP contribution in [0.5, 0.6) is 0 Å². The van der Waals surface area contributed by atoms with Crippen molar-refractivity contribution in [2.75, 3.05) is 19.7 Å². The van der Waals surface area contributed by atoms with Gasteiger partial charge in [0.05, 0.1) is 0 Å². The van der Waals surface area contributed by atoms with E-state index in [1.165, 1.54) is 0 Å². The van der Waals surface area contributed by atoms with Gasteiger partial charge >= 0.3 is 0 Å². The van der Waals surface area contributed by atoms with Crippen molar-refractivity contribution in [3.63, 3.8) is 0 Å². The van der Waals surface area contributed by atoms with Gasteiger partial charge in [-0.2, -0.15) is 0 Å². The summed E-state index contributed by atoms with van der Waals surface area (Å²) in [5.41, 5.74) is 2.76. The molecule has 1 saturated heterocycles. The topological polar surface area (TPSA) is 52.6 Å². The maximum Gasteiger partial charge on any atom is 0.234 e. The molecule has 1 unspecified atom stereocenters. The number of hydrogen-bond acceptors (Lipinski definition) is 3. The van der Waals surface area contributed by atoms with Gasteiger partial charge in [0.25, 0.3) is 0 Å². The van der Waals surface area contributed by atoms with Gasteiger partial charge in [-0.25, -0.2) is 5.01 Å². The highest BCUT2D eigenvalue weighted by Gasteiger charge is 2.16. The summed E-state index contributed by atoms with van der Waals surface area (Å²) in [5, 5.41) is 10.7. The first-order valence-electron chi connectivity index (χ1n) is 4.37. The highest BCUT2D eigenvalue weighted by atomic mass is 16.3. The molecule has 1 aliphatic heterocycles. The molecule has 0 aromatic heterocycles. The van der Waals surface area contributed by atoms with Crippen LogP contribution in [-0.4, -0.2) is 35.7 Å². The molecule has 1 fully saturated rings. The van der Waals surface area contributed by atoms with Gasteiger partial charge in [-0.1, -0.05) is 6.92 Å². The van der Waals surface area contributed by atoms with Crippen LogP contribution in [0.3, 0.4) is 0 Å².